The first-order valence-electron chi connectivity index (χ1n) is 7.92. The second kappa shape index (κ2) is 6.39. The number of hydrogen-bond acceptors (Lipinski definition) is 4. The van der Waals surface area contributed by atoms with Crippen LogP contribution in [0.2, 0.25) is 0 Å². The molecule has 1 atom stereocenters. The molecule has 4 nitrogen and oxygen atoms in total. The summed E-state index contributed by atoms with van der Waals surface area (Å²) in [6.07, 6.45) is 6.16. The molecule has 2 aromatic rings. The standard InChI is InChI=1S/C17H23N3O/c1-2-12-8-10-14(11-9-12)16-19-17(21-20-16)15(18)13-6-4-3-5-7-13/h3-7,12,14-15H,2,8-11,18H2,1H3. The van der Waals surface area contributed by atoms with Crippen molar-refractivity contribution in [3.63, 3.8) is 0 Å². The molecule has 0 aliphatic heterocycles. The lowest BCUT2D eigenvalue weighted by molar-refractivity contribution is 0.302. The predicted octanol–water partition coefficient (Wildman–Crippen LogP) is 3.80. The summed E-state index contributed by atoms with van der Waals surface area (Å²) in [4.78, 5) is 4.56. The molecule has 4 heteroatoms. The van der Waals surface area contributed by atoms with E-state index in [0.29, 0.717) is 11.8 Å². The molecule has 1 unspecified atom stereocenters. The summed E-state index contributed by atoms with van der Waals surface area (Å²) in [5.41, 5.74) is 7.21. The molecule has 0 bridgehead atoms. The molecule has 0 saturated heterocycles. The van der Waals surface area contributed by atoms with E-state index in [1.54, 1.807) is 0 Å². The van der Waals surface area contributed by atoms with E-state index in [1.807, 2.05) is 30.3 Å². The highest BCUT2D eigenvalue weighted by Gasteiger charge is 2.26. The van der Waals surface area contributed by atoms with E-state index in [-0.39, 0.29) is 6.04 Å². The second-order valence-electron chi connectivity index (χ2n) is 6.01. The lowest BCUT2D eigenvalue weighted by Crippen LogP contribution is -2.15. The van der Waals surface area contributed by atoms with Crippen molar-refractivity contribution in [1.82, 2.24) is 10.1 Å². The van der Waals surface area contributed by atoms with E-state index < -0.39 is 0 Å². The van der Waals surface area contributed by atoms with Crippen LogP contribution >= 0.6 is 0 Å². The van der Waals surface area contributed by atoms with Crippen LogP contribution in [0.4, 0.5) is 0 Å². The Morgan fingerprint density at radius 2 is 1.90 bits per heavy atom. The normalized spacial score (nSPS) is 23.9. The maximum absolute atomic E-state index is 6.21. The van der Waals surface area contributed by atoms with Crippen LogP contribution in [0.15, 0.2) is 34.9 Å². The van der Waals surface area contributed by atoms with Crippen molar-refractivity contribution < 1.29 is 4.52 Å². The van der Waals surface area contributed by atoms with Crippen molar-refractivity contribution in [3.05, 3.63) is 47.6 Å². The third kappa shape index (κ3) is 3.16. The van der Waals surface area contributed by atoms with Gasteiger partial charge in [-0.05, 0) is 37.2 Å². The van der Waals surface area contributed by atoms with E-state index in [1.165, 1.54) is 19.3 Å². The number of hydrogen-bond donors (Lipinski definition) is 1. The maximum Gasteiger partial charge on any atom is 0.248 e. The molecule has 1 fully saturated rings. The smallest absolute Gasteiger partial charge is 0.248 e. The van der Waals surface area contributed by atoms with Gasteiger partial charge in [-0.15, -0.1) is 0 Å². The zero-order chi connectivity index (χ0) is 14.7. The van der Waals surface area contributed by atoms with Gasteiger partial charge in [0.05, 0.1) is 0 Å². The summed E-state index contributed by atoms with van der Waals surface area (Å²) in [6, 6.07) is 9.56. The molecule has 1 heterocycles. The fourth-order valence-corrected chi connectivity index (χ4v) is 3.17. The largest absolute Gasteiger partial charge is 0.337 e. The molecule has 0 amide bonds. The molecular formula is C17H23N3O. The zero-order valence-corrected chi connectivity index (χ0v) is 12.5. The average molecular weight is 285 g/mol. The molecule has 112 valence electrons. The van der Waals surface area contributed by atoms with Crippen LogP contribution in [0.25, 0.3) is 0 Å². The molecule has 1 aliphatic carbocycles. The first-order chi connectivity index (χ1) is 10.3. The molecule has 0 radical (unpaired) electrons. The monoisotopic (exact) mass is 285 g/mol. The molecule has 1 saturated carbocycles. The van der Waals surface area contributed by atoms with Gasteiger partial charge in [0, 0.05) is 5.92 Å². The Balaban J connectivity index is 1.69. The fraction of sp³-hybridized carbons (Fsp3) is 0.529. The quantitative estimate of drug-likeness (QED) is 0.928. The van der Waals surface area contributed by atoms with Gasteiger partial charge in [0.1, 0.15) is 6.04 Å². The van der Waals surface area contributed by atoms with E-state index in [0.717, 1.165) is 30.1 Å². The third-order valence-electron chi connectivity index (χ3n) is 4.67. The van der Waals surface area contributed by atoms with Gasteiger partial charge < -0.3 is 10.3 Å². The zero-order valence-electron chi connectivity index (χ0n) is 12.5. The van der Waals surface area contributed by atoms with Gasteiger partial charge in [0.15, 0.2) is 5.82 Å². The van der Waals surface area contributed by atoms with Crippen molar-refractivity contribution in [1.29, 1.82) is 0 Å². The molecule has 1 aromatic heterocycles. The highest BCUT2D eigenvalue weighted by atomic mass is 16.5. The molecule has 2 N–H and O–H groups in total. The predicted molar refractivity (Wildman–Crippen MR) is 81.8 cm³/mol. The van der Waals surface area contributed by atoms with E-state index in [2.05, 4.69) is 17.1 Å². The maximum atomic E-state index is 6.21. The van der Waals surface area contributed by atoms with Crippen molar-refractivity contribution in [2.75, 3.05) is 0 Å². The Kier molecular flexibility index (Phi) is 4.34. The lowest BCUT2D eigenvalue weighted by Gasteiger charge is -2.25. The van der Waals surface area contributed by atoms with Gasteiger partial charge in [-0.1, -0.05) is 48.8 Å². The Labute approximate surface area is 125 Å². The summed E-state index contributed by atoms with van der Waals surface area (Å²) in [5.74, 6) is 2.67. The molecule has 21 heavy (non-hydrogen) atoms. The Hall–Kier alpha value is -1.68. The van der Waals surface area contributed by atoms with E-state index in [4.69, 9.17) is 10.3 Å². The van der Waals surface area contributed by atoms with Gasteiger partial charge in [-0.3, -0.25) is 0 Å². The van der Waals surface area contributed by atoms with Gasteiger partial charge in [-0.25, -0.2) is 0 Å². The first kappa shape index (κ1) is 14.3. The van der Waals surface area contributed by atoms with Crippen LogP contribution in [0.3, 0.4) is 0 Å². The number of aromatic nitrogens is 2. The molecule has 3 rings (SSSR count). The summed E-state index contributed by atoms with van der Waals surface area (Å²) in [5, 5.41) is 4.17. The highest BCUT2D eigenvalue weighted by molar-refractivity contribution is 5.23. The van der Waals surface area contributed by atoms with Crippen LogP contribution in [0.1, 0.15) is 68.3 Å². The minimum Gasteiger partial charge on any atom is -0.337 e. The van der Waals surface area contributed by atoms with E-state index in [9.17, 15) is 0 Å². The van der Waals surface area contributed by atoms with Crippen LogP contribution in [-0.4, -0.2) is 10.1 Å². The molecular weight excluding hydrogens is 262 g/mol. The van der Waals surface area contributed by atoms with Gasteiger partial charge in [-0.2, -0.15) is 4.98 Å². The summed E-state index contributed by atoms with van der Waals surface area (Å²) in [7, 11) is 0. The number of nitrogens with zero attached hydrogens (tertiary/aromatic N) is 2. The van der Waals surface area contributed by atoms with Gasteiger partial charge in [0.2, 0.25) is 5.89 Å². The first-order valence-corrected chi connectivity index (χ1v) is 7.92. The summed E-state index contributed by atoms with van der Waals surface area (Å²) >= 11 is 0. The van der Waals surface area contributed by atoms with Gasteiger partial charge >= 0.3 is 0 Å². The van der Waals surface area contributed by atoms with Crippen molar-refractivity contribution in [3.8, 4) is 0 Å². The fourth-order valence-electron chi connectivity index (χ4n) is 3.17. The van der Waals surface area contributed by atoms with Crippen LogP contribution < -0.4 is 5.73 Å². The Morgan fingerprint density at radius 3 is 2.57 bits per heavy atom. The van der Waals surface area contributed by atoms with E-state index >= 15 is 0 Å². The van der Waals surface area contributed by atoms with Crippen LogP contribution in [0, 0.1) is 5.92 Å². The van der Waals surface area contributed by atoms with Crippen molar-refractivity contribution in [2.24, 2.45) is 11.7 Å². The molecule has 0 spiro atoms. The molecule has 1 aliphatic rings. The Morgan fingerprint density at radius 1 is 1.19 bits per heavy atom. The number of rotatable bonds is 4. The van der Waals surface area contributed by atoms with Crippen molar-refractivity contribution in [2.45, 2.75) is 51.0 Å². The summed E-state index contributed by atoms with van der Waals surface area (Å²) < 4.78 is 5.40. The number of benzene rings is 1. The lowest BCUT2D eigenvalue weighted by atomic mass is 9.80. The third-order valence-corrected chi connectivity index (χ3v) is 4.67. The van der Waals surface area contributed by atoms with Crippen LogP contribution in [-0.2, 0) is 0 Å². The summed E-state index contributed by atoms with van der Waals surface area (Å²) in [6.45, 7) is 2.27. The topological polar surface area (TPSA) is 64.9 Å². The number of nitrogens with two attached hydrogens (primary N) is 1. The second-order valence-corrected chi connectivity index (χ2v) is 6.01. The minimum atomic E-state index is -0.334. The molecule has 1 aromatic carbocycles. The van der Waals surface area contributed by atoms with Crippen LogP contribution in [0.5, 0.6) is 0 Å². The average Bonchev–Trinajstić information content (AvgIpc) is 3.05. The van der Waals surface area contributed by atoms with Gasteiger partial charge in [0.25, 0.3) is 0 Å². The van der Waals surface area contributed by atoms with Crippen molar-refractivity contribution >= 4 is 0 Å². The highest BCUT2D eigenvalue weighted by Crippen LogP contribution is 2.36. The SMILES string of the molecule is CCC1CCC(c2noc(C(N)c3ccccc3)n2)CC1. The minimum absolute atomic E-state index is 0.334. The Bertz CT molecular complexity index is 558.